The van der Waals surface area contributed by atoms with E-state index in [1.807, 2.05) is 0 Å². The summed E-state index contributed by atoms with van der Waals surface area (Å²) in [5.41, 5.74) is 0.319. The number of alkyl halides is 2. The van der Waals surface area contributed by atoms with Crippen LogP contribution in [0.4, 0.5) is 13.6 Å². The maximum atomic E-state index is 12.4. The zero-order chi connectivity index (χ0) is 15.8. The van der Waals surface area contributed by atoms with Crippen LogP contribution in [-0.4, -0.2) is 53.2 Å². The van der Waals surface area contributed by atoms with Crippen LogP contribution in [0.3, 0.4) is 0 Å². The number of rotatable bonds is 7. The number of halogens is 2. The third-order valence-corrected chi connectivity index (χ3v) is 2.66. The van der Waals surface area contributed by atoms with Crippen molar-refractivity contribution < 1.29 is 28.6 Å². The average Bonchev–Trinajstić information content (AvgIpc) is 2.44. The molecule has 0 aliphatic heterocycles. The third-order valence-electron chi connectivity index (χ3n) is 2.66. The number of carbonyl (C=O) groups is 2. The van der Waals surface area contributed by atoms with E-state index in [0.29, 0.717) is 10.5 Å². The lowest BCUT2D eigenvalue weighted by atomic mass is 10.1. The van der Waals surface area contributed by atoms with Crippen molar-refractivity contribution in [2.45, 2.75) is 12.5 Å². The van der Waals surface area contributed by atoms with Crippen molar-refractivity contribution in [2.75, 3.05) is 19.7 Å². The highest BCUT2D eigenvalue weighted by Crippen LogP contribution is 2.13. The fraction of sp³-hybridized carbons (Fsp3) is 0.385. The Hall–Kier alpha value is -2.22. The first-order valence-electron chi connectivity index (χ1n) is 6.18. The van der Waals surface area contributed by atoms with E-state index in [4.69, 9.17) is 10.2 Å². The van der Waals surface area contributed by atoms with Crippen molar-refractivity contribution in [3.63, 3.8) is 0 Å². The second-order valence-electron chi connectivity index (χ2n) is 4.19. The first kappa shape index (κ1) is 16.8. The summed E-state index contributed by atoms with van der Waals surface area (Å²) in [6.45, 7) is -1.69. The minimum absolute atomic E-state index is 0.308. The van der Waals surface area contributed by atoms with Crippen molar-refractivity contribution in [3.8, 4) is 0 Å². The lowest BCUT2D eigenvalue weighted by Gasteiger charge is -2.24. The van der Waals surface area contributed by atoms with E-state index < -0.39 is 37.6 Å². The van der Waals surface area contributed by atoms with Gasteiger partial charge in [0.05, 0.1) is 13.2 Å². The molecule has 1 aromatic carbocycles. The number of urea groups is 1. The third kappa shape index (κ3) is 5.35. The highest BCUT2D eigenvalue weighted by Gasteiger charge is 2.25. The molecule has 0 aromatic heterocycles. The summed E-state index contributed by atoms with van der Waals surface area (Å²) in [7, 11) is 0. The Morgan fingerprint density at radius 1 is 1.24 bits per heavy atom. The van der Waals surface area contributed by atoms with E-state index in [0.717, 1.165) is 0 Å². The maximum absolute atomic E-state index is 12.4. The first-order chi connectivity index (χ1) is 9.95. The normalized spacial score (nSPS) is 12.0. The Labute approximate surface area is 120 Å². The molecule has 6 nitrogen and oxygen atoms in total. The van der Waals surface area contributed by atoms with E-state index >= 15 is 0 Å². The zero-order valence-corrected chi connectivity index (χ0v) is 11.1. The molecule has 1 aromatic rings. The molecule has 116 valence electrons. The lowest BCUT2D eigenvalue weighted by molar-refractivity contribution is -0.139. The van der Waals surface area contributed by atoms with Crippen molar-refractivity contribution in [3.05, 3.63) is 35.9 Å². The molecule has 8 heteroatoms. The molecule has 21 heavy (non-hydrogen) atoms. The molecule has 2 amide bonds. The number of aliphatic hydroxyl groups is 1. The van der Waals surface area contributed by atoms with Crippen LogP contribution in [0.15, 0.2) is 30.3 Å². The number of benzene rings is 1. The molecule has 0 bridgehead atoms. The van der Waals surface area contributed by atoms with E-state index in [1.54, 1.807) is 18.2 Å². The van der Waals surface area contributed by atoms with Crippen molar-refractivity contribution in [1.82, 2.24) is 10.2 Å². The van der Waals surface area contributed by atoms with Gasteiger partial charge in [0.15, 0.2) is 6.04 Å². The van der Waals surface area contributed by atoms with Gasteiger partial charge in [0.1, 0.15) is 0 Å². The van der Waals surface area contributed by atoms with Gasteiger partial charge in [-0.1, -0.05) is 30.3 Å². The molecule has 0 heterocycles. The summed E-state index contributed by atoms with van der Waals surface area (Å²) >= 11 is 0. The minimum Gasteiger partial charge on any atom is -0.479 e. The standard InChI is InChI=1S/C13H16F2N2O4/c14-10(15)8-17(6-7-18)13(21)16-11(12(19)20)9-4-2-1-3-5-9/h1-5,10-11,18H,6-8H2,(H,16,21)(H,19,20)/t11-/m1/s1. The summed E-state index contributed by atoms with van der Waals surface area (Å²) in [5, 5.41) is 20.1. The topological polar surface area (TPSA) is 89.9 Å². The Bertz CT molecular complexity index is 470. The van der Waals surface area contributed by atoms with Crippen molar-refractivity contribution in [2.24, 2.45) is 0 Å². The van der Waals surface area contributed by atoms with Crippen LogP contribution in [0, 0.1) is 0 Å². The van der Waals surface area contributed by atoms with Gasteiger partial charge in [-0.2, -0.15) is 0 Å². The molecule has 0 unspecified atom stereocenters. The maximum Gasteiger partial charge on any atom is 0.330 e. The van der Waals surface area contributed by atoms with Crippen LogP contribution in [0.2, 0.25) is 0 Å². The molecule has 0 fully saturated rings. The van der Waals surface area contributed by atoms with Crippen molar-refractivity contribution >= 4 is 12.0 Å². The zero-order valence-electron chi connectivity index (χ0n) is 11.1. The summed E-state index contributed by atoms with van der Waals surface area (Å²) in [6.07, 6.45) is -2.78. The summed E-state index contributed by atoms with van der Waals surface area (Å²) < 4.78 is 24.7. The molecular weight excluding hydrogens is 286 g/mol. The van der Waals surface area contributed by atoms with E-state index in [9.17, 15) is 18.4 Å². The molecule has 1 atom stereocenters. The number of nitrogens with one attached hydrogen (secondary N) is 1. The number of aliphatic carboxylic acids is 1. The average molecular weight is 302 g/mol. The number of aliphatic hydroxyl groups excluding tert-OH is 1. The summed E-state index contributed by atoms with van der Waals surface area (Å²) in [5.74, 6) is -1.31. The Morgan fingerprint density at radius 2 is 1.86 bits per heavy atom. The second-order valence-corrected chi connectivity index (χ2v) is 4.19. The number of hydrogen-bond acceptors (Lipinski definition) is 3. The Morgan fingerprint density at radius 3 is 2.33 bits per heavy atom. The van der Waals surface area contributed by atoms with Gasteiger partial charge in [0, 0.05) is 6.54 Å². The van der Waals surface area contributed by atoms with Gasteiger partial charge in [-0.3, -0.25) is 0 Å². The molecule has 0 aliphatic rings. The highest BCUT2D eigenvalue weighted by atomic mass is 19.3. The van der Waals surface area contributed by atoms with Crippen LogP contribution in [-0.2, 0) is 4.79 Å². The van der Waals surface area contributed by atoms with Gasteiger partial charge < -0.3 is 20.4 Å². The highest BCUT2D eigenvalue weighted by molar-refractivity contribution is 5.83. The molecule has 0 saturated carbocycles. The SMILES string of the molecule is O=C(O)[C@H](NC(=O)N(CCO)CC(F)F)c1ccccc1. The smallest absolute Gasteiger partial charge is 0.330 e. The van der Waals surface area contributed by atoms with Gasteiger partial charge in [-0.15, -0.1) is 0 Å². The Kier molecular flexibility index (Phi) is 6.54. The molecule has 0 saturated heterocycles. The number of nitrogens with zero attached hydrogens (tertiary/aromatic N) is 1. The van der Waals surface area contributed by atoms with Gasteiger partial charge in [-0.05, 0) is 5.56 Å². The van der Waals surface area contributed by atoms with Crippen molar-refractivity contribution in [1.29, 1.82) is 0 Å². The van der Waals surface area contributed by atoms with Gasteiger partial charge in [0.25, 0.3) is 6.43 Å². The molecule has 0 aliphatic carbocycles. The minimum atomic E-state index is -2.78. The predicted molar refractivity (Wildman–Crippen MR) is 70.0 cm³/mol. The fourth-order valence-corrected chi connectivity index (χ4v) is 1.71. The Balaban J connectivity index is 2.82. The van der Waals surface area contributed by atoms with Crippen LogP contribution >= 0.6 is 0 Å². The lowest BCUT2D eigenvalue weighted by Crippen LogP contribution is -2.46. The summed E-state index contributed by atoms with van der Waals surface area (Å²) in [6, 6.07) is 5.56. The van der Waals surface area contributed by atoms with Crippen LogP contribution in [0.1, 0.15) is 11.6 Å². The number of carbonyl (C=O) groups excluding carboxylic acids is 1. The van der Waals surface area contributed by atoms with E-state index in [-0.39, 0.29) is 6.54 Å². The largest absolute Gasteiger partial charge is 0.479 e. The molecule has 0 radical (unpaired) electrons. The number of hydrogen-bond donors (Lipinski definition) is 3. The predicted octanol–water partition coefficient (Wildman–Crippen LogP) is 1.08. The number of carboxylic acids is 1. The quantitative estimate of drug-likeness (QED) is 0.703. The molecular formula is C13H16F2N2O4. The van der Waals surface area contributed by atoms with E-state index in [2.05, 4.69) is 5.32 Å². The molecule has 1 rings (SSSR count). The van der Waals surface area contributed by atoms with Crippen LogP contribution < -0.4 is 5.32 Å². The van der Waals surface area contributed by atoms with E-state index in [1.165, 1.54) is 12.1 Å². The molecule has 3 N–H and O–H groups in total. The summed E-state index contributed by atoms with van der Waals surface area (Å²) in [4.78, 5) is 23.7. The number of carboxylic acid groups (broad SMARTS) is 1. The molecule has 0 spiro atoms. The monoisotopic (exact) mass is 302 g/mol. The van der Waals surface area contributed by atoms with Gasteiger partial charge in [-0.25, -0.2) is 18.4 Å². The second kappa shape index (κ2) is 8.15. The van der Waals surface area contributed by atoms with Crippen LogP contribution in [0.5, 0.6) is 0 Å². The first-order valence-corrected chi connectivity index (χ1v) is 6.18. The number of amides is 2. The van der Waals surface area contributed by atoms with Gasteiger partial charge >= 0.3 is 12.0 Å². The van der Waals surface area contributed by atoms with Crippen LogP contribution in [0.25, 0.3) is 0 Å². The van der Waals surface area contributed by atoms with Gasteiger partial charge in [0.2, 0.25) is 0 Å². The fourth-order valence-electron chi connectivity index (χ4n) is 1.71.